The monoisotopic (exact) mass is 546 g/mol. The first-order valence-corrected chi connectivity index (χ1v) is 11.5. The van der Waals surface area contributed by atoms with E-state index >= 15 is 0 Å². The van der Waals surface area contributed by atoms with E-state index in [-0.39, 0.29) is 33.2 Å². The SMILES string of the molecule is O=C(O)COc1ccc(SCC=C(c2ccccc2C(F)(F)F)c2ccccc2C(F)(F)F)c(Cl)c1. The maximum atomic E-state index is 13.7. The highest BCUT2D eigenvalue weighted by atomic mass is 35.5. The quantitative estimate of drug-likeness (QED) is 0.229. The van der Waals surface area contributed by atoms with Crippen LogP contribution < -0.4 is 4.74 Å². The van der Waals surface area contributed by atoms with E-state index in [9.17, 15) is 31.1 Å². The number of hydrogen-bond donors (Lipinski definition) is 1. The Morgan fingerprint density at radius 3 is 1.89 bits per heavy atom. The van der Waals surface area contributed by atoms with E-state index in [1.807, 2.05) is 0 Å². The lowest BCUT2D eigenvalue weighted by Gasteiger charge is -2.19. The van der Waals surface area contributed by atoms with Gasteiger partial charge in [-0.15, -0.1) is 11.8 Å². The van der Waals surface area contributed by atoms with Crippen molar-refractivity contribution < 1.29 is 41.0 Å². The van der Waals surface area contributed by atoms with Gasteiger partial charge in [-0.25, -0.2) is 4.79 Å². The molecule has 190 valence electrons. The lowest BCUT2D eigenvalue weighted by Crippen LogP contribution is -2.12. The zero-order chi connectivity index (χ0) is 26.5. The molecule has 3 rings (SSSR count). The van der Waals surface area contributed by atoms with Gasteiger partial charge >= 0.3 is 18.3 Å². The molecule has 0 unspecified atom stereocenters. The van der Waals surface area contributed by atoms with Gasteiger partial charge in [-0.2, -0.15) is 26.3 Å². The zero-order valence-corrected chi connectivity index (χ0v) is 19.7. The van der Waals surface area contributed by atoms with Gasteiger partial charge in [0.2, 0.25) is 0 Å². The third-order valence-corrected chi connectivity index (χ3v) is 6.26. The second-order valence-corrected chi connectivity index (χ2v) is 8.76. The molecule has 0 spiro atoms. The third kappa shape index (κ3) is 6.98. The number of ether oxygens (including phenoxy) is 1. The molecular formula is C25H17ClF6O3S. The molecule has 0 atom stereocenters. The van der Waals surface area contributed by atoms with Crippen LogP contribution in [0.3, 0.4) is 0 Å². The van der Waals surface area contributed by atoms with Crippen molar-refractivity contribution in [1.29, 1.82) is 0 Å². The summed E-state index contributed by atoms with van der Waals surface area (Å²) in [7, 11) is 0. The summed E-state index contributed by atoms with van der Waals surface area (Å²) >= 11 is 7.28. The average Bonchev–Trinajstić information content (AvgIpc) is 2.80. The van der Waals surface area contributed by atoms with E-state index in [4.69, 9.17) is 21.4 Å². The highest BCUT2D eigenvalue weighted by molar-refractivity contribution is 7.99. The molecule has 0 aliphatic heterocycles. The minimum Gasteiger partial charge on any atom is -0.482 e. The maximum Gasteiger partial charge on any atom is 0.417 e. The van der Waals surface area contributed by atoms with Crippen LogP contribution in [0.2, 0.25) is 5.02 Å². The normalized spacial score (nSPS) is 11.8. The highest BCUT2D eigenvalue weighted by Gasteiger charge is 2.37. The number of benzene rings is 3. The Hall–Kier alpha value is -3.11. The van der Waals surface area contributed by atoms with Crippen LogP contribution in [-0.4, -0.2) is 23.4 Å². The van der Waals surface area contributed by atoms with Gasteiger partial charge in [-0.05, 0) is 47.0 Å². The van der Waals surface area contributed by atoms with Gasteiger partial charge in [0.1, 0.15) is 5.75 Å². The summed E-state index contributed by atoms with van der Waals surface area (Å²) in [6, 6.07) is 13.2. The molecule has 36 heavy (non-hydrogen) atoms. The molecule has 0 fully saturated rings. The number of carbonyl (C=O) groups is 1. The largest absolute Gasteiger partial charge is 0.482 e. The Kier molecular flexibility index (Phi) is 8.63. The van der Waals surface area contributed by atoms with Crippen molar-refractivity contribution in [1.82, 2.24) is 0 Å². The van der Waals surface area contributed by atoms with E-state index in [1.54, 1.807) is 0 Å². The second-order valence-electron chi connectivity index (χ2n) is 7.29. The number of carboxylic acids is 1. The number of hydrogen-bond acceptors (Lipinski definition) is 3. The van der Waals surface area contributed by atoms with Crippen LogP contribution in [0.4, 0.5) is 26.3 Å². The highest BCUT2D eigenvalue weighted by Crippen LogP contribution is 2.42. The fourth-order valence-electron chi connectivity index (χ4n) is 3.34. The lowest BCUT2D eigenvalue weighted by molar-refractivity contribution is -0.139. The summed E-state index contributed by atoms with van der Waals surface area (Å²) in [5.41, 5.74) is -3.11. The van der Waals surface area contributed by atoms with Crippen molar-refractivity contribution in [2.24, 2.45) is 0 Å². The summed E-state index contributed by atoms with van der Waals surface area (Å²) in [6.45, 7) is -0.577. The van der Waals surface area contributed by atoms with Crippen LogP contribution in [0.25, 0.3) is 5.57 Å². The van der Waals surface area contributed by atoms with E-state index in [0.29, 0.717) is 4.90 Å². The molecular weight excluding hydrogens is 530 g/mol. The number of thioether (sulfide) groups is 1. The molecule has 0 saturated carbocycles. The van der Waals surface area contributed by atoms with Crippen LogP contribution in [0.1, 0.15) is 22.3 Å². The molecule has 0 amide bonds. The smallest absolute Gasteiger partial charge is 0.417 e. The Labute approximate surface area is 211 Å². The Bertz CT molecular complexity index is 1210. The molecule has 3 nitrogen and oxygen atoms in total. The number of rotatable bonds is 8. The number of alkyl halides is 6. The summed E-state index contributed by atoms with van der Waals surface area (Å²) in [4.78, 5) is 11.1. The molecule has 0 saturated heterocycles. The van der Waals surface area contributed by atoms with Gasteiger partial charge in [0.25, 0.3) is 0 Å². The molecule has 3 aromatic rings. The molecule has 0 aromatic heterocycles. The van der Waals surface area contributed by atoms with Gasteiger partial charge in [-0.1, -0.05) is 54.1 Å². The maximum absolute atomic E-state index is 13.7. The third-order valence-electron chi connectivity index (χ3n) is 4.84. The Morgan fingerprint density at radius 2 is 1.42 bits per heavy atom. The van der Waals surface area contributed by atoms with Crippen molar-refractivity contribution in [3.63, 3.8) is 0 Å². The van der Waals surface area contributed by atoms with E-state index in [2.05, 4.69) is 0 Å². The molecule has 0 heterocycles. The van der Waals surface area contributed by atoms with Crippen molar-refractivity contribution >= 4 is 34.9 Å². The van der Waals surface area contributed by atoms with Crippen LogP contribution in [0.5, 0.6) is 5.75 Å². The molecule has 0 aliphatic carbocycles. The van der Waals surface area contributed by atoms with Crippen LogP contribution in [0, 0.1) is 0 Å². The Balaban J connectivity index is 2.01. The minimum atomic E-state index is -4.79. The van der Waals surface area contributed by atoms with Crippen molar-refractivity contribution in [3.8, 4) is 5.75 Å². The zero-order valence-electron chi connectivity index (χ0n) is 18.2. The first kappa shape index (κ1) is 27.5. The molecule has 11 heteroatoms. The van der Waals surface area contributed by atoms with E-state index < -0.39 is 36.1 Å². The van der Waals surface area contributed by atoms with Gasteiger partial charge in [0, 0.05) is 10.6 Å². The van der Waals surface area contributed by atoms with Gasteiger partial charge < -0.3 is 9.84 Å². The summed E-state index contributed by atoms with van der Waals surface area (Å²) in [6.07, 6.45) is -8.28. The predicted molar refractivity (Wildman–Crippen MR) is 125 cm³/mol. The van der Waals surface area contributed by atoms with Crippen LogP contribution in [0.15, 0.2) is 77.7 Å². The number of carboxylic acid groups (broad SMARTS) is 1. The molecule has 0 radical (unpaired) electrons. The Morgan fingerprint density at radius 1 is 0.889 bits per heavy atom. The second kappa shape index (κ2) is 11.3. The van der Waals surface area contributed by atoms with Gasteiger partial charge in [-0.3, -0.25) is 0 Å². The predicted octanol–water partition coefficient (Wildman–Crippen LogP) is 8.07. The fraction of sp³-hybridized carbons (Fsp3) is 0.160. The van der Waals surface area contributed by atoms with Gasteiger partial charge in [0.15, 0.2) is 6.61 Å². The summed E-state index contributed by atoms with van der Waals surface area (Å²) in [5.74, 6) is -0.996. The summed E-state index contributed by atoms with van der Waals surface area (Å²) < 4.78 is 87.4. The topological polar surface area (TPSA) is 46.5 Å². The van der Waals surface area contributed by atoms with Crippen LogP contribution in [-0.2, 0) is 17.1 Å². The molecule has 0 bridgehead atoms. The molecule has 3 aromatic carbocycles. The van der Waals surface area contributed by atoms with E-state index in [1.165, 1.54) is 48.5 Å². The van der Waals surface area contributed by atoms with Crippen LogP contribution >= 0.6 is 23.4 Å². The minimum absolute atomic E-state index is 0.0111. The van der Waals surface area contributed by atoms with E-state index in [0.717, 1.165) is 36.0 Å². The standard InChI is InChI=1S/C25H17ClF6O3S/c26-21-13-15(35-14-23(33)34)9-10-22(21)36-12-11-16(17-5-1-3-7-19(17)24(27,28)29)18-6-2-4-8-20(18)25(30,31)32/h1-11,13H,12,14H2,(H,33,34). The average molecular weight is 547 g/mol. The van der Waals surface area contributed by atoms with Crippen molar-refractivity contribution in [2.45, 2.75) is 17.2 Å². The first-order chi connectivity index (χ1) is 16.9. The molecule has 0 aliphatic rings. The lowest BCUT2D eigenvalue weighted by atomic mass is 9.90. The summed E-state index contributed by atoms with van der Waals surface area (Å²) in [5, 5.41) is 8.87. The number of halogens is 7. The number of aliphatic carboxylic acids is 1. The van der Waals surface area contributed by atoms with Crippen molar-refractivity contribution in [3.05, 3.63) is 100 Å². The molecule has 1 N–H and O–H groups in total. The fourth-order valence-corrected chi connectivity index (χ4v) is 4.47. The van der Waals surface area contributed by atoms with Crippen molar-refractivity contribution in [2.75, 3.05) is 12.4 Å². The van der Waals surface area contributed by atoms with Gasteiger partial charge in [0.05, 0.1) is 16.1 Å². The first-order valence-electron chi connectivity index (χ1n) is 10.2.